The van der Waals surface area contributed by atoms with Gasteiger partial charge in [0.1, 0.15) is 0 Å². The summed E-state index contributed by atoms with van der Waals surface area (Å²) in [5.41, 5.74) is 7.31. The molecule has 1 aromatic rings. The Labute approximate surface area is 76.3 Å². The van der Waals surface area contributed by atoms with E-state index in [4.69, 9.17) is 5.73 Å². The van der Waals surface area contributed by atoms with Gasteiger partial charge in [0.05, 0.1) is 5.69 Å². The van der Waals surface area contributed by atoms with Crippen LogP contribution >= 0.6 is 0 Å². The summed E-state index contributed by atoms with van der Waals surface area (Å²) in [6, 6.07) is 0. The van der Waals surface area contributed by atoms with Crippen LogP contribution in [0.25, 0.3) is 12.2 Å². The predicted octanol–water partition coefficient (Wildman–Crippen LogP) is 1.66. The van der Waals surface area contributed by atoms with E-state index in [9.17, 15) is 0 Å². The van der Waals surface area contributed by atoms with Gasteiger partial charge < -0.3 is 5.73 Å². The summed E-state index contributed by atoms with van der Waals surface area (Å²) in [6.45, 7) is 0. The van der Waals surface area contributed by atoms with Gasteiger partial charge in [-0.05, 0) is 6.08 Å². The number of anilines is 1. The fourth-order valence-corrected chi connectivity index (χ4v) is 1.11. The lowest BCUT2D eigenvalue weighted by atomic mass is 10.1. The summed E-state index contributed by atoms with van der Waals surface area (Å²) in [7, 11) is 0. The second kappa shape index (κ2) is 3.23. The van der Waals surface area contributed by atoms with Gasteiger partial charge in [-0.25, -0.2) is 9.97 Å². The Morgan fingerprint density at radius 1 is 1.00 bits per heavy atom. The molecule has 0 bridgehead atoms. The van der Waals surface area contributed by atoms with Crippen LogP contribution in [0.15, 0.2) is 30.5 Å². The summed E-state index contributed by atoms with van der Waals surface area (Å²) in [5.74, 6) is 0.307. The van der Waals surface area contributed by atoms with Crippen molar-refractivity contribution in [3.63, 3.8) is 0 Å². The Morgan fingerprint density at radius 2 is 1.77 bits per heavy atom. The van der Waals surface area contributed by atoms with Crippen LogP contribution < -0.4 is 5.73 Å². The standard InChI is InChI=1S/C10H9N3/c11-10-12-7-8-5-3-1-2-4-6-9(8)13-10/h1-7H,(H2,11,12,13). The van der Waals surface area contributed by atoms with Gasteiger partial charge in [-0.15, -0.1) is 0 Å². The van der Waals surface area contributed by atoms with Gasteiger partial charge in [-0.2, -0.15) is 0 Å². The topological polar surface area (TPSA) is 51.8 Å². The largest absolute Gasteiger partial charge is 0.368 e. The van der Waals surface area contributed by atoms with Crippen molar-refractivity contribution in [2.45, 2.75) is 0 Å². The monoisotopic (exact) mass is 171 g/mol. The molecule has 0 spiro atoms. The first kappa shape index (κ1) is 7.73. The Balaban J connectivity index is 2.56. The average molecular weight is 171 g/mol. The third-order valence-electron chi connectivity index (χ3n) is 1.73. The Kier molecular flexibility index (Phi) is 1.92. The molecule has 0 radical (unpaired) electrons. The zero-order valence-corrected chi connectivity index (χ0v) is 7.01. The third kappa shape index (κ3) is 1.64. The van der Waals surface area contributed by atoms with Crippen LogP contribution in [0.3, 0.4) is 0 Å². The minimum Gasteiger partial charge on any atom is -0.368 e. The van der Waals surface area contributed by atoms with Crippen molar-refractivity contribution in [3.8, 4) is 0 Å². The molecular weight excluding hydrogens is 162 g/mol. The highest BCUT2D eigenvalue weighted by molar-refractivity contribution is 5.65. The highest BCUT2D eigenvalue weighted by Crippen LogP contribution is 2.12. The normalized spacial score (nSPS) is 13.5. The fourth-order valence-electron chi connectivity index (χ4n) is 1.11. The lowest BCUT2D eigenvalue weighted by molar-refractivity contribution is 1.16. The molecule has 1 aliphatic carbocycles. The molecule has 0 amide bonds. The van der Waals surface area contributed by atoms with E-state index in [1.165, 1.54) is 0 Å². The van der Waals surface area contributed by atoms with Gasteiger partial charge in [-0.1, -0.05) is 30.4 Å². The second-order valence-electron chi connectivity index (χ2n) is 2.67. The molecule has 0 fully saturated rings. The van der Waals surface area contributed by atoms with Gasteiger partial charge in [0.15, 0.2) is 0 Å². The number of nitrogens with zero attached hydrogens (tertiary/aromatic N) is 2. The van der Waals surface area contributed by atoms with E-state index in [1.54, 1.807) is 6.20 Å². The zero-order chi connectivity index (χ0) is 9.10. The lowest BCUT2D eigenvalue weighted by Gasteiger charge is -2.00. The maximum absolute atomic E-state index is 5.47. The summed E-state index contributed by atoms with van der Waals surface area (Å²) in [6.07, 6.45) is 13.4. The SMILES string of the molecule is Nc1ncc2c(n1)C=CC=CC=C2. The summed E-state index contributed by atoms with van der Waals surface area (Å²) >= 11 is 0. The quantitative estimate of drug-likeness (QED) is 0.645. The van der Waals surface area contributed by atoms with Crippen LogP contribution in [-0.2, 0) is 0 Å². The van der Waals surface area contributed by atoms with Crippen LogP contribution in [0.5, 0.6) is 0 Å². The average Bonchev–Trinajstić information content (AvgIpc) is 2.08. The molecule has 0 atom stereocenters. The first-order valence-corrected chi connectivity index (χ1v) is 4.00. The molecule has 0 saturated carbocycles. The maximum atomic E-state index is 5.47. The van der Waals surface area contributed by atoms with Crippen molar-refractivity contribution in [2.75, 3.05) is 5.73 Å². The molecule has 13 heavy (non-hydrogen) atoms. The zero-order valence-electron chi connectivity index (χ0n) is 7.01. The Morgan fingerprint density at radius 3 is 2.62 bits per heavy atom. The molecule has 3 nitrogen and oxygen atoms in total. The van der Waals surface area contributed by atoms with Crippen molar-refractivity contribution < 1.29 is 0 Å². The van der Waals surface area contributed by atoms with Gasteiger partial charge in [0.2, 0.25) is 5.95 Å². The van der Waals surface area contributed by atoms with Gasteiger partial charge in [0, 0.05) is 11.8 Å². The molecule has 0 aliphatic heterocycles. The Bertz CT molecular complexity index is 403. The maximum Gasteiger partial charge on any atom is 0.220 e. The number of fused-ring (bicyclic) bond motifs is 1. The number of hydrogen-bond acceptors (Lipinski definition) is 3. The van der Waals surface area contributed by atoms with E-state index in [-0.39, 0.29) is 0 Å². The van der Waals surface area contributed by atoms with Crippen molar-refractivity contribution in [2.24, 2.45) is 0 Å². The molecule has 64 valence electrons. The van der Waals surface area contributed by atoms with E-state index in [0.29, 0.717) is 5.95 Å². The van der Waals surface area contributed by atoms with Crippen molar-refractivity contribution in [1.82, 2.24) is 9.97 Å². The van der Waals surface area contributed by atoms with Crippen LogP contribution in [-0.4, -0.2) is 9.97 Å². The molecule has 2 N–H and O–H groups in total. The van der Waals surface area contributed by atoms with Crippen LogP contribution in [0.2, 0.25) is 0 Å². The van der Waals surface area contributed by atoms with Crippen molar-refractivity contribution in [1.29, 1.82) is 0 Å². The lowest BCUT2D eigenvalue weighted by Crippen LogP contribution is -1.98. The third-order valence-corrected chi connectivity index (χ3v) is 1.73. The molecule has 3 heteroatoms. The van der Waals surface area contributed by atoms with Crippen LogP contribution in [0.1, 0.15) is 11.3 Å². The van der Waals surface area contributed by atoms with E-state index in [2.05, 4.69) is 9.97 Å². The molecule has 0 saturated heterocycles. The molecule has 1 aromatic heterocycles. The van der Waals surface area contributed by atoms with Crippen LogP contribution in [0.4, 0.5) is 5.95 Å². The first-order chi connectivity index (χ1) is 6.36. The fraction of sp³-hybridized carbons (Fsp3) is 0. The van der Waals surface area contributed by atoms with Crippen LogP contribution in [0, 0.1) is 0 Å². The number of aromatic nitrogens is 2. The molecular formula is C10H9N3. The predicted molar refractivity (Wildman–Crippen MR) is 53.7 cm³/mol. The highest BCUT2D eigenvalue weighted by atomic mass is 15.0. The number of nitrogen functional groups attached to an aromatic ring is 1. The molecule has 2 rings (SSSR count). The number of hydrogen-bond donors (Lipinski definition) is 1. The number of nitrogens with two attached hydrogens (primary N) is 1. The number of rotatable bonds is 0. The molecule has 0 aromatic carbocycles. The van der Waals surface area contributed by atoms with E-state index in [0.717, 1.165) is 11.3 Å². The minimum absolute atomic E-state index is 0.307. The molecule has 0 unspecified atom stereocenters. The molecule has 1 aliphatic rings. The summed E-state index contributed by atoms with van der Waals surface area (Å²) in [5, 5.41) is 0. The smallest absolute Gasteiger partial charge is 0.220 e. The van der Waals surface area contributed by atoms with Gasteiger partial charge >= 0.3 is 0 Å². The van der Waals surface area contributed by atoms with Crippen molar-refractivity contribution in [3.05, 3.63) is 41.8 Å². The van der Waals surface area contributed by atoms with E-state index >= 15 is 0 Å². The first-order valence-electron chi connectivity index (χ1n) is 4.00. The molecule has 1 heterocycles. The van der Waals surface area contributed by atoms with Gasteiger partial charge in [0.25, 0.3) is 0 Å². The number of allylic oxidation sites excluding steroid dienone is 4. The minimum atomic E-state index is 0.307. The van der Waals surface area contributed by atoms with Crippen molar-refractivity contribution >= 4 is 18.1 Å². The second-order valence-corrected chi connectivity index (χ2v) is 2.67. The summed E-state index contributed by atoms with van der Waals surface area (Å²) < 4.78 is 0. The Hall–Kier alpha value is -1.90. The summed E-state index contributed by atoms with van der Waals surface area (Å²) in [4.78, 5) is 8.03. The van der Waals surface area contributed by atoms with E-state index in [1.807, 2.05) is 36.5 Å². The van der Waals surface area contributed by atoms with Gasteiger partial charge in [-0.3, -0.25) is 0 Å². The highest BCUT2D eigenvalue weighted by Gasteiger charge is 1.99. The van der Waals surface area contributed by atoms with E-state index < -0.39 is 0 Å².